The Morgan fingerprint density at radius 3 is 2.57 bits per heavy atom. The lowest BCUT2D eigenvalue weighted by molar-refractivity contribution is 0.582. The zero-order valence-corrected chi connectivity index (χ0v) is 9.62. The Bertz CT molecular complexity index is 289. The smallest absolute Gasteiger partial charge is 0.0524 e. The fourth-order valence-electron chi connectivity index (χ4n) is 1.85. The van der Waals surface area contributed by atoms with Crippen LogP contribution in [-0.4, -0.2) is 16.3 Å². The second kappa shape index (κ2) is 4.60. The molecule has 0 aliphatic rings. The normalized spacial score (nSPS) is 13.6. The second-order valence-corrected chi connectivity index (χ2v) is 4.38. The van der Waals surface area contributed by atoms with Crippen LogP contribution in [0.15, 0.2) is 6.20 Å². The lowest BCUT2D eigenvalue weighted by Gasteiger charge is -2.12. The van der Waals surface area contributed by atoms with E-state index in [-0.39, 0.29) is 0 Å². The topological polar surface area (TPSA) is 43.8 Å². The maximum Gasteiger partial charge on any atom is 0.0524 e. The van der Waals surface area contributed by atoms with Gasteiger partial charge in [-0.3, -0.25) is 4.68 Å². The first kappa shape index (κ1) is 11.2. The molecule has 1 atom stereocenters. The summed E-state index contributed by atoms with van der Waals surface area (Å²) in [7, 11) is 2.01. The minimum absolute atomic E-state index is 0.530. The Balaban J connectivity index is 2.86. The molecule has 0 aliphatic heterocycles. The number of hydrogen-bond acceptors (Lipinski definition) is 2. The average molecular weight is 195 g/mol. The van der Waals surface area contributed by atoms with Gasteiger partial charge in [-0.2, -0.15) is 5.10 Å². The molecule has 0 radical (unpaired) electrons. The summed E-state index contributed by atoms with van der Waals surface area (Å²) in [6.45, 7) is 7.32. The van der Waals surface area contributed by atoms with E-state index in [1.165, 1.54) is 11.3 Å². The highest BCUT2D eigenvalue weighted by molar-refractivity contribution is 5.21. The summed E-state index contributed by atoms with van der Waals surface area (Å²) in [5.41, 5.74) is 8.31. The van der Waals surface area contributed by atoms with Gasteiger partial charge in [-0.15, -0.1) is 0 Å². The minimum Gasteiger partial charge on any atom is -0.330 e. The molecule has 0 saturated heterocycles. The summed E-state index contributed by atoms with van der Waals surface area (Å²) >= 11 is 0. The number of nitrogens with two attached hydrogens (primary N) is 1. The van der Waals surface area contributed by atoms with Crippen molar-refractivity contribution in [2.45, 2.75) is 33.1 Å². The van der Waals surface area contributed by atoms with Gasteiger partial charge in [-0.05, 0) is 30.4 Å². The molecule has 1 rings (SSSR count). The average Bonchev–Trinajstić information content (AvgIpc) is 2.46. The molecule has 1 heterocycles. The first-order valence-electron chi connectivity index (χ1n) is 5.27. The van der Waals surface area contributed by atoms with Gasteiger partial charge in [0, 0.05) is 12.7 Å². The Morgan fingerprint density at radius 2 is 2.07 bits per heavy atom. The van der Waals surface area contributed by atoms with Gasteiger partial charge in [0.2, 0.25) is 0 Å². The summed E-state index contributed by atoms with van der Waals surface area (Å²) in [4.78, 5) is 0. The molecule has 0 amide bonds. The molecule has 0 bridgehead atoms. The van der Waals surface area contributed by atoms with Gasteiger partial charge in [0.1, 0.15) is 0 Å². The van der Waals surface area contributed by atoms with Crippen molar-refractivity contribution >= 4 is 0 Å². The predicted molar refractivity (Wildman–Crippen MR) is 59.2 cm³/mol. The molecule has 0 saturated carbocycles. The molecule has 0 aliphatic carbocycles. The van der Waals surface area contributed by atoms with E-state index in [4.69, 9.17) is 5.73 Å². The molecule has 0 aromatic carbocycles. The van der Waals surface area contributed by atoms with Gasteiger partial charge >= 0.3 is 0 Å². The molecule has 0 fully saturated rings. The summed E-state index contributed by atoms with van der Waals surface area (Å²) in [6, 6.07) is 0. The lowest BCUT2D eigenvalue weighted by Crippen LogP contribution is -2.14. The fraction of sp³-hybridized carbons (Fsp3) is 0.727. The lowest BCUT2D eigenvalue weighted by atomic mass is 9.97. The molecule has 0 spiro atoms. The van der Waals surface area contributed by atoms with Crippen LogP contribution in [0.1, 0.15) is 37.9 Å². The largest absolute Gasteiger partial charge is 0.330 e. The van der Waals surface area contributed by atoms with Crippen molar-refractivity contribution in [3.63, 3.8) is 0 Å². The van der Waals surface area contributed by atoms with Crippen molar-refractivity contribution < 1.29 is 0 Å². The van der Waals surface area contributed by atoms with Crippen LogP contribution >= 0.6 is 0 Å². The quantitative estimate of drug-likeness (QED) is 0.794. The number of hydrogen-bond donors (Lipinski definition) is 1. The van der Waals surface area contributed by atoms with Crippen LogP contribution in [0.5, 0.6) is 0 Å². The summed E-state index contributed by atoms with van der Waals surface area (Å²) in [5.74, 6) is 1.07. The Morgan fingerprint density at radius 1 is 1.43 bits per heavy atom. The van der Waals surface area contributed by atoms with Crippen molar-refractivity contribution in [1.29, 1.82) is 0 Å². The molecule has 2 N–H and O–H groups in total. The standard InChI is InChI=1S/C11H21N3/c1-8(2)11-10(5-9(3)6-12)7-13-14(11)4/h7-9H,5-6,12H2,1-4H3. The highest BCUT2D eigenvalue weighted by Gasteiger charge is 2.13. The molecular formula is C11H21N3. The summed E-state index contributed by atoms with van der Waals surface area (Å²) in [6.07, 6.45) is 3.01. The van der Waals surface area contributed by atoms with Crippen LogP contribution in [0.25, 0.3) is 0 Å². The van der Waals surface area contributed by atoms with Crippen LogP contribution in [0.3, 0.4) is 0 Å². The number of rotatable bonds is 4. The van der Waals surface area contributed by atoms with E-state index >= 15 is 0 Å². The monoisotopic (exact) mass is 195 g/mol. The fourth-order valence-corrected chi connectivity index (χ4v) is 1.85. The van der Waals surface area contributed by atoms with Crippen LogP contribution < -0.4 is 5.73 Å². The van der Waals surface area contributed by atoms with Gasteiger partial charge in [0.25, 0.3) is 0 Å². The van der Waals surface area contributed by atoms with E-state index < -0.39 is 0 Å². The Labute approximate surface area is 86.3 Å². The highest BCUT2D eigenvalue weighted by Crippen LogP contribution is 2.20. The molecule has 1 aromatic heterocycles. The first-order valence-corrected chi connectivity index (χ1v) is 5.27. The van der Waals surface area contributed by atoms with E-state index in [2.05, 4.69) is 25.9 Å². The van der Waals surface area contributed by atoms with Crippen molar-refractivity contribution in [3.05, 3.63) is 17.5 Å². The molecule has 3 heteroatoms. The van der Waals surface area contributed by atoms with Crippen LogP contribution in [0.2, 0.25) is 0 Å². The van der Waals surface area contributed by atoms with Crippen molar-refractivity contribution in [3.8, 4) is 0 Å². The SMILES string of the molecule is CC(CN)Cc1cnn(C)c1C(C)C. The third kappa shape index (κ3) is 2.35. The van der Waals surface area contributed by atoms with Crippen LogP contribution in [0.4, 0.5) is 0 Å². The maximum absolute atomic E-state index is 5.63. The van der Waals surface area contributed by atoms with Gasteiger partial charge in [-0.1, -0.05) is 20.8 Å². The molecule has 14 heavy (non-hydrogen) atoms. The summed E-state index contributed by atoms with van der Waals surface area (Å²) in [5, 5.41) is 4.30. The van der Waals surface area contributed by atoms with Crippen molar-refractivity contribution in [2.75, 3.05) is 6.54 Å². The summed E-state index contributed by atoms with van der Waals surface area (Å²) < 4.78 is 1.98. The van der Waals surface area contributed by atoms with E-state index in [0.29, 0.717) is 11.8 Å². The first-order chi connectivity index (χ1) is 6.56. The molecule has 1 unspecified atom stereocenters. The molecule has 80 valence electrons. The zero-order valence-electron chi connectivity index (χ0n) is 9.62. The van der Waals surface area contributed by atoms with Crippen molar-refractivity contribution in [2.24, 2.45) is 18.7 Å². The third-order valence-corrected chi connectivity index (χ3v) is 2.58. The zero-order chi connectivity index (χ0) is 10.7. The van der Waals surface area contributed by atoms with Crippen LogP contribution in [0, 0.1) is 5.92 Å². The van der Waals surface area contributed by atoms with Crippen molar-refractivity contribution in [1.82, 2.24) is 9.78 Å². The number of nitrogens with zero attached hydrogens (tertiary/aromatic N) is 2. The number of aromatic nitrogens is 2. The molecule has 3 nitrogen and oxygen atoms in total. The van der Waals surface area contributed by atoms with E-state index in [1.54, 1.807) is 0 Å². The van der Waals surface area contributed by atoms with E-state index in [0.717, 1.165) is 13.0 Å². The van der Waals surface area contributed by atoms with Gasteiger partial charge < -0.3 is 5.73 Å². The Hall–Kier alpha value is -0.830. The minimum atomic E-state index is 0.530. The van der Waals surface area contributed by atoms with Gasteiger partial charge in [-0.25, -0.2) is 0 Å². The van der Waals surface area contributed by atoms with Crippen LogP contribution in [-0.2, 0) is 13.5 Å². The highest BCUT2D eigenvalue weighted by atomic mass is 15.3. The van der Waals surface area contributed by atoms with E-state index in [1.807, 2.05) is 17.9 Å². The van der Waals surface area contributed by atoms with E-state index in [9.17, 15) is 0 Å². The molecular weight excluding hydrogens is 174 g/mol. The molecule has 1 aromatic rings. The Kier molecular flexibility index (Phi) is 3.69. The third-order valence-electron chi connectivity index (χ3n) is 2.58. The predicted octanol–water partition coefficient (Wildman–Crippen LogP) is 1.68. The second-order valence-electron chi connectivity index (χ2n) is 4.38. The number of aryl methyl sites for hydroxylation is 1. The van der Waals surface area contributed by atoms with Gasteiger partial charge in [0.15, 0.2) is 0 Å². The maximum atomic E-state index is 5.63. The van der Waals surface area contributed by atoms with Gasteiger partial charge in [0.05, 0.1) is 6.20 Å².